The number of aryl methyl sites for hydroxylation is 1. The number of unbranched alkanes of at least 4 members (excludes halogenated alkanes) is 1. The van der Waals surface area contributed by atoms with Crippen LogP contribution in [-0.4, -0.2) is 33.8 Å². The molecule has 2 aromatic heterocycles. The van der Waals surface area contributed by atoms with Gasteiger partial charge in [0.25, 0.3) is 5.91 Å². The molecular formula is C15H22N4O2. The first-order valence-corrected chi connectivity index (χ1v) is 7.48. The molecule has 2 aromatic rings. The lowest BCUT2D eigenvalue weighted by atomic mass is 10.2. The highest BCUT2D eigenvalue weighted by Gasteiger charge is 2.18. The highest BCUT2D eigenvalue weighted by Crippen LogP contribution is 2.28. The molecule has 114 valence electrons. The number of amides is 1. The number of carbonyl (C=O) groups is 1. The molecule has 2 rings (SSSR count). The van der Waals surface area contributed by atoms with Crippen molar-refractivity contribution < 1.29 is 9.53 Å². The minimum atomic E-state index is -0.148. The Labute approximate surface area is 124 Å². The van der Waals surface area contributed by atoms with Crippen molar-refractivity contribution in [1.29, 1.82) is 0 Å². The van der Waals surface area contributed by atoms with E-state index < -0.39 is 0 Å². The standard InChI is InChI=1S/C15H22N4O2/c1-4-7-8-16-15(20)12-9-17-14-11(13(12)21-6-3)10-18-19(14)5-2/h9-10H,4-8H2,1-3H3,(H,16,20). The Hall–Kier alpha value is -2.11. The third kappa shape index (κ3) is 3.15. The van der Waals surface area contributed by atoms with E-state index in [2.05, 4.69) is 22.3 Å². The highest BCUT2D eigenvalue weighted by atomic mass is 16.5. The minimum absolute atomic E-state index is 0.148. The van der Waals surface area contributed by atoms with Gasteiger partial charge in [0.1, 0.15) is 11.3 Å². The van der Waals surface area contributed by atoms with Crippen LogP contribution in [-0.2, 0) is 6.54 Å². The molecule has 0 aliphatic heterocycles. The molecular weight excluding hydrogens is 268 g/mol. The molecule has 0 fully saturated rings. The molecule has 0 saturated carbocycles. The SMILES string of the molecule is CCCCNC(=O)c1cnc2c(cnn2CC)c1OCC. The van der Waals surface area contributed by atoms with Crippen molar-refractivity contribution in [3.63, 3.8) is 0 Å². The van der Waals surface area contributed by atoms with Gasteiger partial charge in [0.15, 0.2) is 5.65 Å². The van der Waals surface area contributed by atoms with Gasteiger partial charge in [-0.2, -0.15) is 5.10 Å². The summed E-state index contributed by atoms with van der Waals surface area (Å²) in [5.74, 6) is 0.418. The summed E-state index contributed by atoms with van der Waals surface area (Å²) in [5, 5.41) is 7.95. The van der Waals surface area contributed by atoms with Crippen LogP contribution in [0.15, 0.2) is 12.4 Å². The molecule has 1 amide bonds. The zero-order valence-electron chi connectivity index (χ0n) is 12.8. The van der Waals surface area contributed by atoms with Crippen LogP contribution >= 0.6 is 0 Å². The van der Waals surface area contributed by atoms with E-state index in [1.807, 2.05) is 13.8 Å². The molecule has 0 aromatic carbocycles. The number of rotatable bonds is 7. The van der Waals surface area contributed by atoms with Gasteiger partial charge >= 0.3 is 0 Å². The first kappa shape index (κ1) is 15.3. The second-order valence-electron chi connectivity index (χ2n) is 4.74. The molecule has 0 radical (unpaired) electrons. The van der Waals surface area contributed by atoms with Gasteiger partial charge in [-0.1, -0.05) is 13.3 Å². The van der Waals surface area contributed by atoms with Crippen LogP contribution in [0.1, 0.15) is 44.0 Å². The van der Waals surface area contributed by atoms with E-state index in [1.54, 1.807) is 17.1 Å². The second-order valence-corrected chi connectivity index (χ2v) is 4.74. The van der Waals surface area contributed by atoms with Gasteiger partial charge in [-0.05, 0) is 20.3 Å². The summed E-state index contributed by atoms with van der Waals surface area (Å²) in [6.07, 6.45) is 5.28. The van der Waals surface area contributed by atoms with Crippen LogP contribution in [0.5, 0.6) is 5.75 Å². The zero-order chi connectivity index (χ0) is 15.2. The summed E-state index contributed by atoms with van der Waals surface area (Å²) in [5.41, 5.74) is 1.21. The average molecular weight is 290 g/mol. The largest absolute Gasteiger partial charge is 0.492 e. The van der Waals surface area contributed by atoms with Crippen LogP contribution in [0.25, 0.3) is 11.0 Å². The Kier molecular flexibility index (Phi) is 5.14. The van der Waals surface area contributed by atoms with Gasteiger partial charge in [-0.25, -0.2) is 9.67 Å². The Balaban J connectivity index is 2.38. The van der Waals surface area contributed by atoms with Crippen LogP contribution in [0.3, 0.4) is 0 Å². The number of nitrogens with one attached hydrogen (secondary N) is 1. The minimum Gasteiger partial charge on any atom is -0.492 e. The number of carbonyl (C=O) groups excluding carboxylic acids is 1. The number of aromatic nitrogens is 3. The summed E-state index contributed by atoms with van der Waals surface area (Å²) in [4.78, 5) is 16.6. The van der Waals surface area contributed by atoms with Gasteiger partial charge in [-0.3, -0.25) is 4.79 Å². The zero-order valence-corrected chi connectivity index (χ0v) is 12.8. The lowest BCUT2D eigenvalue weighted by molar-refractivity contribution is 0.0949. The van der Waals surface area contributed by atoms with Crippen molar-refractivity contribution in [1.82, 2.24) is 20.1 Å². The van der Waals surface area contributed by atoms with E-state index >= 15 is 0 Å². The molecule has 0 bridgehead atoms. The summed E-state index contributed by atoms with van der Waals surface area (Å²) in [6.45, 7) is 7.86. The van der Waals surface area contributed by atoms with Crippen LogP contribution in [0, 0.1) is 0 Å². The molecule has 0 spiro atoms. The van der Waals surface area contributed by atoms with E-state index in [0.29, 0.717) is 24.5 Å². The predicted octanol–water partition coefficient (Wildman–Crippen LogP) is 2.38. The molecule has 0 atom stereocenters. The van der Waals surface area contributed by atoms with Gasteiger partial charge < -0.3 is 10.1 Å². The third-order valence-electron chi connectivity index (χ3n) is 3.27. The van der Waals surface area contributed by atoms with Crippen LogP contribution in [0.2, 0.25) is 0 Å². The summed E-state index contributed by atoms with van der Waals surface area (Å²) in [6, 6.07) is 0. The fraction of sp³-hybridized carbons (Fsp3) is 0.533. The summed E-state index contributed by atoms with van der Waals surface area (Å²) >= 11 is 0. The quantitative estimate of drug-likeness (QED) is 0.795. The number of hydrogen-bond acceptors (Lipinski definition) is 4. The number of pyridine rings is 1. The normalized spacial score (nSPS) is 10.8. The maximum Gasteiger partial charge on any atom is 0.256 e. The van der Waals surface area contributed by atoms with Crippen molar-refractivity contribution in [2.24, 2.45) is 0 Å². The summed E-state index contributed by atoms with van der Waals surface area (Å²) < 4.78 is 7.47. The molecule has 0 unspecified atom stereocenters. The van der Waals surface area contributed by atoms with Crippen LogP contribution in [0.4, 0.5) is 0 Å². The van der Waals surface area contributed by atoms with Crippen molar-refractivity contribution in [2.75, 3.05) is 13.2 Å². The maximum atomic E-state index is 12.3. The first-order valence-electron chi connectivity index (χ1n) is 7.48. The van der Waals surface area contributed by atoms with Crippen molar-refractivity contribution in [2.45, 2.75) is 40.2 Å². The lowest BCUT2D eigenvalue weighted by Crippen LogP contribution is -2.25. The number of nitrogens with zero attached hydrogens (tertiary/aromatic N) is 3. The molecule has 0 aliphatic rings. The molecule has 1 N–H and O–H groups in total. The first-order chi connectivity index (χ1) is 10.2. The van der Waals surface area contributed by atoms with Crippen molar-refractivity contribution >= 4 is 16.9 Å². The topological polar surface area (TPSA) is 69.0 Å². The lowest BCUT2D eigenvalue weighted by Gasteiger charge is -2.11. The third-order valence-corrected chi connectivity index (χ3v) is 3.27. The Morgan fingerprint density at radius 1 is 1.33 bits per heavy atom. The smallest absolute Gasteiger partial charge is 0.256 e. The molecule has 0 saturated heterocycles. The summed E-state index contributed by atoms with van der Waals surface area (Å²) in [7, 11) is 0. The molecule has 0 aliphatic carbocycles. The van der Waals surface area contributed by atoms with E-state index in [-0.39, 0.29) is 5.91 Å². The Bertz CT molecular complexity index is 621. The van der Waals surface area contributed by atoms with Gasteiger partial charge in [0.2, 0.25) is 0 Å². The molecule has 6 heteroatoms. The second kappa shape index (κ2) is 7.06. The number of ether oxygens (including phenoxy) is 1. The van der Waals surface area contributed by atoms with Crippen LogP contribution < -0.4 is 10.1 Å². The van der Waals surface area contributed by atoms with Crippen molar-refractivity contribution in [3.8, 4) is 5.75 Å². The fourth-order valence-corrected chi connectivity index (χ4v) is 2.17. The van der Waals surface area contributed by atoms with E-state index in [4.69, 9.17) is 4.74 Å². The average Bonchev–Trinajstić information content (AvgIpc) is 2.91. The van der Waals surface area contributed by atoms with E-state index in [1.165, 1.54) is 0 Å². The molecule has 2 heterocycles. The monoisotopic (exact) mass is 290 g/mol. The van der Waals surface area contributed by atoms with Gasteiger partial charge in [0.05, 0.1) is 18.2 Å². The van der Waals surface area contributed by atoms with E-state index in [0.717, 1.165) is 30.4 Å². The van der Waals surface area contributed by atoms with Crippen molar-refractivity contribution in [3.05, 3.63) is 18.0 Å². The fourth-order valence-electron chi connectivity index (χ4n) is 2.17. The Morgan fingerprint density at radius 2 is 2.14 bits per heavy atom. The van der Waals surface area contributed by atoms with Gasteiger partial charge in [-0.15, -0.1) is 0 Å². The molecule has 21 heavy (non-hydrogen) atoms. The highest BCUT2D eigenvalue weighted by molar-refractivity contribution is 6.01. The van der Waals surface area contributed by atoms with E-state index in [9.17, 15) is 4.79 Å². The van der Waals surface area contributed by atoms with Gasteiger partial charge in [0, 0.05) is 19.3 Å². The number of fused-ring (bicyclic) bond motifs is 1. The number of hydrogen-bond donors (Lipinski definition) is 1. The Morgan fingerprint density at radius 3 is 2.81 bits per heavy atom. The predicted molar refractivity (Wildman–Crippen MR) is 81.6 cm³/mol. The molecule has 6 nitrogen and oxygen atoms in total. The maximum absolute atomic E-state index is 12.3.